The van der Waals surface area contributed by atoms with Crippen molar-refractivity contribution in [1.82, 2.24) is 4.90 Å². The van der Waals surface area contributed by atoms with Gasteiger partial charge in [-0.2, -0.15) is 0 Å². The molecule has 0 aliphatic rings. The molecule has 0 aliphatic heterocycles. The van der Waals surface area contributed by atoms with E-state index in [2.05, 4.69) is 0 Å². The van der Waals surface area contributed by atoms with Crippen LogP contribution in [0.25, 0.3) is 0 Å². The average Bonchev–Trinajstić information content (AvgIpc) is 2.19. The maximum atomic E-state index is 9.74. The van der Waals surface area contributed by atoms with Gasteiger partial charge in [0.1, 0.15) is 0 Å². The summed E-state index contributed by atoms with van der Waals surface area (Å²) in [4.78, 5) is 1.96. The number of hydrogen-bond donors (Lipinski definition) is 2. The van der Waals surface area contributed by atoms with E-state index in [1.165, 1.54) is 0 Å². The number of benzene rings is 1. The van der Waals surface area contributed by atoms with Crippen LogP contribution in [0.15, 0.2) is 30.3 Å². The first-order chi connectivity index (χ1) is 7.16. The number of likely N-dealkylation sites (N-methyl/N-ethyl adjacent to an activating group) is 1. The summed E-state index contributed by atoms with van der Waals surface area (Å²) in [5, 5.41) is 18.6. The van der Waals surface area contributed by atoms with Gasteiger partial charge in [-0.1, -0.05) is 30.3 Å². The number of aliphatic hydroxyl groups excluding tert-OH is 2. The van der Waals surface area contributed by atoms with Gasteiger partial charge in [0.15, 0.2) is 0 Å². The Hall–Kier alpha value is -0.900. The molecule has 1 unspecified atom stereocenters. The summed E-state index contributed by atoms with van der Waals surface area (Å²) >= 11 is 0. The van der Waals surface area contributed by atoms with Crippen molar-refractivity contribution in [2.45, 2.75) is 19.1 Å². The summed E-state index contributed by atoms with van der Waals surface area (Å²) in [5.74, 6) is 0. The number of nitrogens with zero attached hydrogens (tertiary/aromatic N) is 1. The van der Waals surface area contributed by atoms with E-state index in [1.54, 1.807) is 6.92 Å². The van der Waals surface area contributed by atoms with Gasteiger partial charge in [-0.25, -0.2) is 0 Å². The Bertz CT molecular complexity index is 274. The zero-order chi connectivity index (χ0) is 11.3. The molecule has 0 saturated carbocycles. The first-order valence-corrected chi connectivity index (χ1v) is 5.21. The van der Waals surface area contributed by atoms with Crippen LogP contribution in [-0.4, -0.2) is 41.4 Å². The van der Waals surface area contributed by atoms with Crippen molar-refractivity contribution < 1.29 is 10.2 Å². The molecule has 3 nitrogen and oxygen atoms in total. The first kappa shape index (κ1) is 12.2. The summed E-state index contributed by atoms with van der Waals surface area (Å²) < 4.78 is 0. The van der Waals surface area contributed by atoms with Gasteiger partial charge in [-0.3, -0.25) is 4.90 Å². The Morgan fingerprint density at radius 3 is 2.33 bits per heavy atom. The van der Waals surface area contributed by atoms with Crippen molar-refractivity contribution in [1.29, 1.82) is 0 Å². The normalized spacial score (nSPS) is 15.3. The minimum Gasteiger partial charge on any atom is -0.395 e. The Kier molecular flexibility index (Phi) is 4.75. The zero-order valence-electron chi connectivity index (χ0n) is 9.30. The predicted molar refractivity (Wildman–Crippen MR) is 60.6 cm³/mol. The Morgan fingerprint density at radius 2 is 1.87 bits per heavy atom. The smallest absolute Gasteiger partial charge is 0.0708 e. The van der Waals surface area contributed by atoms with Crippen LogP contribution in [0.2, 0.25) is 0 Å². The molecule has 1 rings (SSSR count). The molecule has 15 heavy (non-hydrogen) atoms. The summed E-state index contributed by atoms with van der Waals surface area (Å²) in [6.07, 6.45) is -0.455. The maximum Gasteiger partial charge on any atom is 0.0708 e. The fraction of sp³-hybridized carbons (Fsp3) is 0.500. The SMILES string of the molecule is CC(O)[C@H](c1ccccc1)N(C)CCO. The molecule has 0 bridgehead atoms. The standard InChI is InChI=1S/C12H19NO2/c1-10(15)12(13(2)8-9-14)11-6-4-3-5-7-11/h3-7,10,12,14-15H,8-9H2,1-2H3/t10?,12-/m1/s1. The Balaban J connectivity index is 2.83. The van der Waals surface area contributed by atoms with Crippen molar-refractivity contribution in [2.75, 3.05) is 20.2 Å². The van der Waals surface area contributed by atoms with Crippen LogP contribution in [0.5, 0.6) is 0 Å². The largest absolute Gasteiger partial charge is 0.395 e. The van der Waals surface area contributed by atoms with Crippen LogP contribution in [-0.2, 0) is 0 Å². The lowest BCUT2D eigenvalue weighted by Crippen LogP contribution is -2.34. The highest BCUT2D eigenvalue weighted by Gasteiger charge is 2.21. The van der Waals surface area contributed by atoms with Crippen LogP contribution in [0.1, 0.15) is 18.5 Å². The third-order valence-electron chi connectivity index (χ3n) is 2.53. The first-order valence-electron chi connectivity index (χ1n) is 5.21. The van der Waals surface area contributed by atoms with Gasteiger partial charge in [-0.05, 0) is 19.5 Å². The minimum absolute atomic E-state index is 0.0571. The topological polar surface area (TPSA) is 43.7 Å². The molecule has 0 fully saturated rings. The van der Waals surface area contributed by atoms with E-state index < -0.39 is 6.10 Å². The van der Waals surface area contributed by atoms with Crippen molar-refractivity contribution in [3.63, 3.8) is 0 Å². The highest BCUT2D eigenvalue weighted by Crippen LogP contribution is 2.22. The molecule has 3 heteroatoms. The van der Waals surface area contributed by atoms with Gasteiger partial charge >= 0.3 is 0 Å². The fourth-order valence-electron chi connectivity index (χ4n) is 1.85. The van der Waals surface area contributed by atoms with Gasteiger partial charge in [0.2, 0.25) is 0 Å². The zero-order valence-corrected chi connectivity index (χ0v) is 9.30. The molecule has 1 aromatic carbocycles. The van der Waals surface area contributed by atoms with E-state index in [-0.39, 0.29) is 12.6 Å². The summed E-state index contributed by atoms with van der Waals surface area (Å²) in [6, 6.07) is 9.79. The van der Waals surface area contributed by atoms with E-state index in [4.69, 9.17) is 5.11 Å². The van der Waals surface area contributed by atoms with E-state index in [0.29, 0.717) is 6.54 Å². The minimum atomic E-state index is -0.455. The monoisotopic (exact) mass is 209 g/mol. The van der Waals surface area contributed by atoms with E-state index >= 15 is 0 Å². The number of aliphatic hydroxyl groups is 2. The van der Waals surface area contributed by atoms with Gasteiger partial charge in [0.25, 0.3) is 0 Å². The lowest BCUT2D eigenvalue weighted by Gasteiger charge is -2.30. The fourth-order valence-corrected chi connectivity index (χ4v) is 1.85. The van der Waals surface area contributed by atoms with Crippen molar-refractivity contribution in [2.24, 2.45) is 0 Å². The van der Waals surface area contributed by atoms with Crippen LogP contribution in [0.3, 0.4) is 0 Å². The van der Waals surface area contributed by atoms with E-state index in [0.717, 1.165) is 5.56 Å². The second-order valence-corrected chi connectivity index (χ2v) is 3.80. The van der Waals surface area contributed by atoms with Crippen molar-refractivity contribution in [3.05, 3.63) is 35.9 Å². The van der Waals surface area contributed by atoms with Crippen LogP contribution >= 0.6 is 0 Å². The lowest BCUT2D eigenvalue weighted by molar-refractivity contribution is 0.0657. The molecule has 0 aromatic heterocycles. The molecule has 2 atom stereocenters. The van der Waals surface area contributed by atoms with Crippen LogP contribution in [0.4, 0.5) is 0 Å². The molecule has 2 N–H and O–H groups in total. The van der Waals surface area contributed by atoms with Crippen molar-refractivity contribution in [3.8, 4) is 0 Å². The van der Waals surface area contributed by atoms with Gasteiger partial charge in [-0.15, -0.1) is 0 Å². The highest BCUT2D eigenvalue weighted by atomic mass is 16.3. The molecule has 0 saturated heterocycles. The molecule has 0 amide bonds. The lowest BCUT2D eigenvalue weighted by atomic mass is 10.0. The molecular formula is C12H19NO2. The van der Waals surface area contributed by atoms with E-state index in [1.807, 2.05) is 42.3 Å². The number of hydrogen-bond acceptors (Lipinski definition) is 3. The second-order valence-electron chi connectivity index (χ2n) is 3.80. The summed E-state index contributed by atoms with van der Waals surface area (Å²) in [5.41, 5.74) is 1.07. The van der Waals surface area contributed by atoms with E-state index in [9.17, 15) is 5.11 Å². The number of rotatable bonds is 5. The van der Waals surface area contributed by atoms with Crippen molar-refractivity contribution >= 4 is 0 Å². The third kappa shape index (κ3) is 3.30. The summed E-state index contributed by atoms with van der Waals surface area (Å²) in [7, 11) is 1.90. The third-order valence-corrected chi connectivity index (χ3v) is 2.53. The quantitative estimate of drug-likeness (QED) is 0.761. The van der Waals surface area contributed by atoms with Gasteiger partial charge in [0, 0.05) is 6.54 Å². The van der Waals surface area contributed by atoms with Crippen LogP contribution < -0.4 is 0 Å². The van der Waals surface area contributed by atoms with Crippen LogP contribution in [0, 0.1) is 0 Å². The maximum absolute atomic E-state index is 9.74. The molecule has 1 aromatic rings. The second kappa shape index (κ2) is 5.85. The summed E-state index contributed by atoms with van der Waals surface area (Å²) in [6.45, 7) is 2.43. The van der Waals surface area contributed by atoms with Gasteiger partial charge in [0.05, 0.1) is 18.8 Å². The molecule has 0 radical (unpaired) electrons. The molecule has 84 valence electrons. The van der Waals surface area contributed by atoms with Gasteiger partial charge < -0.3 is 10.2 Å². The predicted octanol–water partition coefficient (Wildman–Crippen LogP) is 1.03. The average molecular weight is 209 g/mol. The Morgan fingerprint density at radius 1 is 1.27 bits per heavy atom. The molecule has 0 spiro atoms. The Labute approximate surface area is 91.0 Å². The molecular weight excluding hydrogens is 190 g/mol. The highest BCUT2D eigenvalue weighted by molar-refractivity contribution is 5.19. The molecule has 0 heterocycles. The molecule has 0 aliphatic carbocycles.